The van der Waals surface area contributed by atoms with E-state index >= 15 is 0 Å². The Kier molecular flexibility index (Phi) is 7.88. The van der Waals surface area contributed by atoms with Gasteiger partial charge in [0.25, 0.3) is 0 Å². The first-order valence-corrected chi connectivity index (χ1v) is 13.6. The molecular formula is C26H33N3O5S. The maximum absolute atomic E-state index is 13.1. The number of sulfonamides is 1. The van der Waals surface area contributed by atoms with Crippen LogP contribution in [0.1, 0.15) is 44.5 Å². The standard InChI is InChI=1S/C26H33N3O5S/c1-4-19(3)25(20-9-7-6-8-10-20)26(30)34-18-24-27-22-17-21(11-12-23(22)29(24)5-2)35(31,32)28-13-15-33-16-14-28/h6-12,17,19,25H,4-5,13-16,18H2,1-3H3/t19-,25-/m1/s1. The van der Waals surface area contributed by atoms with Gasteiger partial charge in [-0.15, -0.1) is 0 Å². The minimum Gasteiger partial charge on any atom is -0.457 e. The third-order valence-electron chi connectivity index (χ3n) is 6.69. The number of imidazole rings is 1. The van der Waals surface area contributed by atoms with Crippen LogP contribution in [0.25, 0.3) is 11.0 Å². The summed E-state index contributed by atoms with van der Waals surface area (Å²) in [6.45, 7) is 8.19. The molecule has 3 aromatic rings. The van der Waals surface area contributed by atoms with E-state index in [4.69, 9.17) is 9.47 Å². The maximum atomic E-state index is 13.1. The smallest absolute Gasteiger partial charge is 0.314 e. The van der Waals surface area contributed by atoms with Gasteiger partial charge in [0.2, 0.25) is 10.0 Å². The second kappa shape index (κ2) is 10.9. The van der Waals surface area contributed by atoms with Gasteiger partial charge in [0.05, 0.1) is 35.1 Å². The average molecular weight is 500 g/mol. The largest absolute Gasteiger partial charge is 0.457 e. The number of nitrogens with zero attached hydrogens (tertiary/aromatic N) is 3. The van der Waals surface area contributed by atoms with Gasteiger partial charge in [-0.25, -0.2) is 13.4 Å². The fourth-order valence-corrected chi connectivity index (χ4v) is 5.97. The lowest BCUT2D eigenvalue weighted by Crippen LogP contribution is -2.40. The van der Waals surface area contributed by atoms with Gasteiger partial charge in [0, 0.05) is 19.6 Å². The van der Waals surface area contributed by atoms with E-state index in [-0.39, 0.29) is 29.3 Å². The second-order valence-electron chi connectivity index (χ2n) is 8.82. The van der Waals surface area contributed by atoms with Crippen LogP contribution in [0.2, 0.25) is 0 Å². The summed E-state index contributed by atoms with van der Waals surface area (Å²) in [5.74, 6) is 0.0809. The number of aryl methyl sites for hydroxylation is 1. The van der Waals surface area contributed by atoms with Gasteiger partial charge in [0.1, 0.15) is 12.4 Å². The van der Waals surface area contributed by atoms with Crippen molar-refractivity contribution in [1.29, 1.82) is 0 Å². The zero-order chi connectivity index (χ0) is 25.0. The normalized spacial score (nSPS) is 16.8. The van der Waals surface area contributed by atoms with Crippen LogP contribution in [0.3, 0.4) is 0 Å². The van der Waals surface area contributed by atoms with Crippen LogP contribution in [0.5, 0.6) is 0 Å². The molecule has 2 atom stereocenters. The highest BCUT2D eigenvalue weighted by Gasteiger charge is 2.29. The number of esters is 1. The summed E-state index contributed by atoms with van der Waals surface area (Å²) in [5, 5.41) is 0. The molecule has 1 aliphatic heterocycles. The van der Waals surface area contributed by atoms with Gasteiger partial charge >= 0.3 is 5.97 Å². The number of ether oxygens (including phenoxy) is 2. The highest BCUT2D eigenvalue weighted by atomic mass is 32.2. The summed E-state index contributed by atoms with van der Waals surface area (Å²) in [4.78, 5) is 18.0. The number of fused-ring (bicyclic) bond motifs is 1. The van der Waals surface area contributed by atoms with E-state index in [0.717, 1.165) is 17.5 Å². The van der Waals surface area contributed by atoms with Crippen LogP contribution in [0, 0.1) is 5.92 Å². The Morgan fingerprint density at radius 3 is 2.49 bits per heavy atom. The summed E-state index contributed by atoms with van der Waals surface area (Å²) in [6.07, 6.45) is 0.850. The van der Waals surface area contributed by atoms with Gasteiger partial charge < -0.3 is 14.0 Å². The van der Waals surface area contributed by atoms with E-state index in [9.17, 15) is 13.2 Å². The van der Waals surface area contributed by atoms with Gasteiger partial charge in [-0.3, -0.25) is 4.79 Å². The molecule has 1 aromatic heterocycles. The first kappa shape index (κ1) is 25.3. The van der Waals surface area contributed by atoms with Crippen molar-refractivity contribution in [2.24, 2.45) is 5.92 Å². The topological polar surface area (TPSA) is 90.7 Å². The van der Waals surface area contributed by atoms with Gasteiger partial charge in [-0.2, -0.15) is 4.31 Å². The zero-order valence-corrected chi connectivity index (χ0v) is 21.3. The Bertz CT molecular complexity index is 1270. The summed E-state index contributed by atoms with van der Waals surface area (Å²) in [5.41, 5.74) is 2.31. The molecule has 0 unspecified atom stereocenters. The number of carbonyl (C=O) groups is 1. The van der Waals surface area contributed by atoms with Crippen molar-refractivity contribution in [2.45, 2.75) is 51.2 Å². The van der Waals surface area contributed by atoms with Crippen molar-refractivity contribution in [2.75, 3.05) is 26.3 Å². The van der Waals surface area contributed by atoms with Crippen LogP contribution >= 0.6 is 0 Å². The summed E-state index contributed by atoms with van der Waals surface area (Å²) in [7, 11) is -3.63. The van der Waals surface area contributed by atoms with E-state index in [0.29, 0.717) is 44.2 Å². The predicted molar refractivity (Wildman–Crippen MR) is 133 cm³/mol. The molecule has 0 aliphatic carbocycles. The number of rotatable bonds is 9. The van der Waals surface area contributed by atoms with Crippen LogP contribution in [0.15, 0.2) is 53.4 Å². The third kappa shape index (κ3) is 5.27. The predicted octanol–water partition coefficient (Wildman–Crippen LogP) is 3.95. The zero-order valence-electron chi connectivity index (χ0n) is 20.5. The minimum absolute atomic E-state index is 0.0205. The molecule has 2 aromatic carbocycles. The quantitative estimate of drug-likeness (QED) is 0.414. The molecule has 4 rings (SSSR count). The van der Waals surface area contributed by atoms with Gasteiger partial charge in [-0.05, 0) is 36.6 Å². The lowest BCUT2D eigenvalue weighted by Gasteiger charge is -2.26. The van der Waals surface area contributed by atoms with Crippen molar-refractivity contribution in [3.63, 3.8) is 0 Å². The average Bonchev–Trinajstić information content (AvgIpc) is 3.25. The molecule has 0 saturated carbocycles. The molecule has 35 heavy (non-hydrogen) atoms. The summed E-state index contributed by atoms with van der Waals surface area (Å²) in [6, 6.07) is 14.7. The monoisotopic (exact) mass is 499 g/mol. The van der Waals surface area contributed by atoms with Crippen LogP contribution in [-0.2, 0) is 37.4 Å². The minimum atomic E-state index is -3.63. The van der Waals surface area contributed by atoms with Crippen LogP contribution in [0.4, 0.5) is 0 Å². The fraction of sp³-hybridized carbons (Fsp3) is 0.462. The van der Waals surface area contributed by atoms with Crippen molar-refractivity contribution < 1.29 is 22.7 Å². The van der Waals surface area contributed by atoms with Crippen molar-refractivity contribution in [3.8, 4) is 0 Å². The molecule has 188 valence electrons. The van der Waals surface area contributed by atoms with E-state index in [1.54, 1.807) is 18.2 Å². The number of benzene rings is 2. The van der Waals surface area contributed by atoms with Crippen LogP contribution < -0.4 is 0 Å². The first-order valence-electron chi connectivity index (χ1n) is 12.2. The number of hydrogen-bond acceptors (Lipinski definition) is 6. The highest BCUT2D eigenvalue weighted by Crippen LogP contribution is 2.29. The summed E-state index contributed by atoms with van der Waals surface area (Å²) < 4.78 is 40.6. The second-order valence-corrected chi connectivity index (χ2v) is 10.8. The Balaban J connectivity index is 1.58. The molecule has 0 spiro atoms. The molecule has 0 bridgehead atoms. The van der Waals surface area contributed by atoms with Crippen molar-refractivity contribution in [3.05, 3.63) is 59.9 Å². The Morgan fingerprint density at radius 2 is 1.83 bits per heavy atom. The molecular weight excluding hydrogens is 466 g/mol. The Labute approximate surface area is 206 Å². The molecule has 1 aliphatic rings. The highest BCUT2D eigenvalue weighted by molar-refractivity contribution is 7.89. The Hall–Kier alpha value is -2.75. The SMILES string of the molecule is CC[C@@H](C)[C@@H](C(=O)OCc1nc2cc(S(=O)(=O)N3CCOCC3)ccc2n1CC)c1ccccc1. The number of aromatic nitrogens is 2. The lowest BCUT2D eigenvalue weighted by atomic mass is 9.86. The summed E-state index contributed by atoms with van der Waals surface area (Å²) >= 11 is 0. The number of morpholine rings is 1. The van der Waals surface area contributed by atoms with Crippen molar-refractivity contribution in [1.82, 2.24) is 13.9 Å². The Morgan fingerprint density at radius 1 is 1.11 bits per heavy atom. The van der Waals surface area contributed by atoms with E-state index in [2.05, 4.69) is 18.8 Å². The van der Waals surface area contributed by atoms with E-state index in [1.807, 2.05) is 41.8 Å². The molecule has 2 heterocycles. The maximum Gasteiger partial charge on any atom is 0.314 e. The fourth-order valence-electron chi connectivity index (χ4n) is 4.54. The van der Waals surface area contributed by atoms with Gasteiger partial charge in [-0.1, -0.05) is 50.6 Å². The molecule has 1 fully saturated rings. The molecule has 8 nitrogen and oxygen atoms in total. The van der Waals surface area contributed by atoms with E-state index < -0.39 is 10.0 Å². The van der Waals surface area contributed by atoms with Crippen molar-refractivity contribution >= 4 is 27.0 Å². The first-order chi connectivity index (χ1) is 16.9. The van der Waals surface area contributed by atoms with Crippen LogP contribution in [-0.4, -0.2) is 54.5 Å². The molecule has 0 N–H and O–H groups in total. The number of carbonyl (C=O) groups excluding carboxylic acids is 1. The lowest BCUT2D eigenvalue weighted by molar-refractivity contribution is -0.148. The molecule has 0 radical (unpaired) electrons. The number of hydrogen-bond donors (Lipinski definition) is 0. The molecule has 1 saturated heterocycles. The van der Waals surface area contributed by atoms with E-state index in [1.165, 1.54) is 4.31 Å². The van der Waals surface area contributed by atoms with Gasteiger partial charge in [0.15, 0.2) is 0 Å². The molecule has 9 heteroatoms. The molecule has 0 amide bonds. The third-order valence-corrected chi connectivity index (χ3v) is 8.59.